The monoisotopic (exact) mass is 421 g/mol. The van der Waals surface area contributed by atoms with E-state index in [4.69, 9.17) is 10.5 Å². The topological polar surface area (TPSA) is 70.8 Å². The molecule has 11 unspecified atom stereocenters. The van der Waals surface area contributed by atoms with Crippen molar-refractivity contribution in [2.45, 2.75) is 81.9 Å². The smallest absolute Gasteiger partial charge is 0.104 e. The molecule has 4 aliphatic heterocycles. The summed E-state index contributed by atoms with van der Waals surface area (Å²) in [6.45, 7) is 7.61. The van der Waals surface area contributed by atoms with Crippen LogP contribution in [0.15, 0.2) is 0 Å². The average molecular weight is 422 g/mol. The predicted octanol–water partition coefficient (Wildman–Crippen LogP) is 1.78. The fraction of sp³-hybridized carbons (Fsp3) is 1.00. The highest BCUT2D eigenvalue weighted by Crippen LogP contribution is 2.55. The van der Waals surface area contributed by atoms with E-state index in [1.807, 2.05) is 0 Å². The van der Waals surface area contributed by atoms with Gasteiger partial charge >= 0.3 is 0 Å². The van der Waals surface area contributed by atoms with Crippen LogP contribution in [0.1, 0.15) is 46.0 Å². The van der Waals surface area contributed by atoms with Crippen LogP contribution in [0.4, 0.5) is 4.39 Å². The lowest BCUT2D eigenvalue weighted by Gasteiger charge is -2.59. The summed E-state index contributed by atoms with van der Waals surface area (Å²) in [5.41, 5.74) is 6.11. The molecular formula is C24H40FN3O2. The number of halogens is 1. The van der Waals surface area contributed by atoms with Crippen molar-refractivity contribution in [3.05, 3.63) is 0 Å². The van der Waals surface area contributed by atoms with Crippen LogP contribution in [0.5, 0.6) is 0 Å². The van der Waals surface area contributed by atoms with E-state index in [1.165, 1.54) is 0 Å². The molecule has 2 aliphatic carbocycles. The Morgan fingerprint density at radius 1 is 1.20 bits per heavy atom. The predicted molar refractivity (Wildman–Crippen MR) is 114 cm³/mol. The Morgan fingerprint density at radius 2 is 2.03 bits per heavy atom. The van der Waals surface area contributed by atoms with Gasteiger partial charge in [-0.1, -0.05) is 13.8 Å². The van der Waals surface area contributed by atoms with E-state index in [9.17, 15) is 9.50 Å². The minimum atomic E-state index is -0.694. The summed E-state index contributed by atoms with van der Waals surface area (Å²) >= 11 is 0. The van der Waals surface area contributed by atoms with Crippen LogP contribution >= 0.6 is 0 Å². The first-order valence-corrected chi connectivity index (χ1v) is 12.6. The molecule has 13 atom stereocenters. The largest absolute Gasteiger partial charge is 0.387 e. The molecule has 170 valence electrons. The van der Waals surface area contributed by atoms with Crippen molar-refractivity contribution in [2.24, 2.45) is 47.2 Å². The van der Waals surface area contributed by atoms with Crippen molar-refractivity contribution in [2.75, 3.05) is 26.3 Å². The number of aliphatic hydroxyl groups is 1. The molecule has 0 aromatic heterocycles. The Hall–Kier alpha value is -0.270. The van der Waals surface area contributed by atoms with Crippen molar-refractivity contribution < 1.29 is 14.2 Å². The fourth-order valence-electron chi connectivity index (χ4n) is 9.13. The van der Waals surface area contributed by atoms with E-state index in [1.54, 1.807) is 0 Å². The first-order valence-electron chi connectivity index (χ1n) is 12.6. The van der Waals surface area contributed by atoms with Crippen molar-refractivity contribution >= 4 is 0 Å². The molecule has 6 heteroatoms. The summed E-state index contributed by atoms with van der Waals surface area (Å²) in [4.78, 5) is 2.68. The van der Waals surface area contributed by atoms with Crippen LogP contribution in [0.3, 0.4) is 0 Å². The number of nitrogens with two attached hydrogens (primary N) is 1. The van der Waals surface area contributed by atoms with Crippen molar-refractivity contribution in [3.63, 3.8) is 0 Å². The van der Waals surface area contributed by atoms with Gasteiger partial charge in [0.2, 0.25) is 0 Å². The molecule has 0 radical (unpaired) electrons. The molecule has 0 amide bonds. The van der Waals surface area contributed by atoms with Gasteiger partial charge in [0.15, 0.2) is 0 Å². The number of fused-ring (bicyclic) bond motifs is 5. The molecule has 0 aromatic carbocycles. The highest BCUT2D eigenvalue weighted by atomic mass is 19.1. The highest BCUT2D eigenvalue weighted by molar-refractivity contribution is 5.16. The van der Waals surface area contributed by atoms with Crippen LogP contribution in [0.2, 0.25) is 0 Å². The van der Waals surface area contributed by atoms with E-state index in [0.29, 0.717) is 60.6 Å². The zero-order chi connectivity index (χ0) is 20.8. The maximum Gasteiger partial charge on any atom is 0.104 e. The molecule has 6 aliphatic rings. The van der Waals surface area contributed by atoms with E-state index in [0.717, 1.165) is 45.4 Å². The number of piperidine rings is 2. The molecule has 0 aromatic rings. The molecule has 6 rings (SSSR count). The molecule has 0 bridgehead atoms. The highest BCUT2D eigenvalue weighted by Gasteiger charge is 2.62. The Kier molecular flexibility index (Phi) is 4.82. The van der Waals surface area contributed by atoms with Gasteiger partial charge in [0.05, 0.1) is 18.8 Å². The molecule has 6 fully saturated rings. The Balaban J connectivity index is 1.31. The van der Waals surface area contributed by atoms with Gasteiger partial charge in [-0.15, -0.1) is 0 Å². The zero-order valence-electron chi connectivity index (χ0n) is 18.6. The van der Waals surface area contributed by atoms with E-state index >= 15 is 0 Å². The third-order valence-corrected chi connectivity index (χ3v) is 10.7. The second kappa shape index (κ2) is 7.11. The number of nitrogens with one attached hydrogen (secondary N) is 1. The van der Waals surface area contributed by atoms with Gasteiger partial charge in [-0.25, -0.2) is 4.39 Å². The molecule has 2 saturated carbocycles. The number of ether oxygens (including phenoxy) is 1. The minimum Gasteiger partial charge on any atom is -0.387 e. The third-order valence-electron chi connectivity index (χ3n) is 10.7. The molecule has 0 spiro atoms. The van der Waals surface area contributed by atoms with Crippen LogP contribution in [-0.2, 0) is 4.74 Å². The van der Waals surface area contributed by atoms with Gasteiger partial charge in [-0.3, -0.25) is 4.90 Å². The van der Waals surface area contributed by atoms with E-state index < -0.39 is 11.8 Å². The van der Waals surface area contributed by atoms with Gasteiger partial charge in [0, 0.05) is 43.2 Å². The van der Waals surface area contributed by atoms with Crippen LogP contribution in [-0.4, -0.2) is 72.2 Å². The standard InChI is InChI=1S/C24H40FN3O2/c1-3-24(29)11-30-10-13-8-28-9-15-21-18(26)5-4-14-12(2)17(25)7-19(22(14)21)27-23(15)20(28)6-16(13)24/h12-23,27,29H,3-11,26H2,1-2H3/t12?,13?,14?,15?,16?,17?,18-,19?,20?,21?,22?,23?,24+/m0/s1. The molecule has 30 heavy (non-hydrogen) atoms. The van der Waals surface area contributed by atoms with Crippen LogP contribution in [0, 0.1) is 41.4 Å². The van der Waals surface area contributed by atoms with Crippen LogP contribution in [0.25, 0.3) is 0 Å². The SMILES string of the molecule is CC[C@@]1(O)COCC2CN3CC4C(NC5CC(F)C(C)C6CC[C@H](N)C4C56)C3CC21. The van der Waals surface area contributed by atoms with Gasteiger partial charge in [-0.2, -0.15) is 0 Å². The molecular weight excluding hydrogens is 381 g/mol. The van der Waals surface area contributed by atoms with Crippen molar-refractivity contribution in [1.82, 2.24) is 10.2 Å². The quantitative estimate of drug-likeness (QED) is 0.602. The summed E-state index contributed by atoms with van der Waals surface area (Å²) in [5, 5.41) is 15.3. The maximum absolute atomic E-state index is 15.0. The summed E-state index contributed by atoms with van der Waals surface area (Å²) < 4.78 is 20.8. The van der Waals surface area contributed by atoms with Crippen LogP contribution < -0.4 is 11.1 Å². The van der Waals surface area contributed by atoms with Gasteiger partial charge in [-0.05, 0) is 67.6 Å². The second-order valence-electron chi connectivity index (χ2n) is 11.7. The van der Waals surface area contributed by atoms with Crippen molar-refractivity contribution in [1.29, 1.82) is 0 Å². The first kappa shape index (κ1) is 20.3. The van der Waals surface area contributed by atoms with Gasteiger partial charge < -0.3 is 20.9 Å². The fourth-order valence-corrected chi connectivity index (χ4v) is 9.13. The molecule has 4 saturated heterocycles. The third kappa shape index (κ3) is 2.76. The number of nitrogens with zero attached hydrogens (tertiary/aromatic N) is 1. The first-order chi connectivity index (χ1) is 14.4. The number of alkyl halides is 1. The van der Waals surface area contributed by atoms with E-state index in [-0.39, 0.29) is 18.0 Å². The number of hydrogen-bond donors (Lipinski definition) is 3. The number of hydrogen-bond acceptors (Lipinski definition) is 5. The Labute approximate surface area is 180 Å². The normalized spacial score (nSPS) is 60.3. The Morgan fingerprint density at radius 3 is 2.83 bits per heavy atom. The average Bonchev–Trinajstić information content (AvgIpc) is 3.09. The van der Waals surface area contributed by atoms with E-state index in [2.05, 4.69) is 24.1 Å². The molecule has 4 N–H and O–H groups in total. The lowest BCUT2D eigenvalue weighted by atomic mass is 9.53. The van der Waals surface area contributed by atoms with Gasteiger partial charge in [0.25, 0.3) is 0 Å². The summed E-state index contributed by atoms with van der Waals surface area (Å²) in [6, 6.07) is 1.37. The molecule has 5 nitrogen and oxygen atoms in total. The zero-order valence-corrected chi connectivity index (χ0v) is 18.6. The summed E-state index contributed by atoms with van der Waals surface area (Å²) in [5.74, 6) is 3.00. The lowest BCUT2D eigenvalue weighted by molar-refractivity contribution is -0.177. The lowest BCUT2D eigenvalue weighted by Crippen LogP contribution is -2.68. The maximum atomic E-state index is 15.0. The van der Waals surface area contributed by atoms with Gasteiger partial charge in [0.1, 0.15) is 6.17 Å². The summed E-state index contributed by atoms with van der Waals surface area (Å²) in [6.07, 6.45) is 3.90. The Bertz CT molecular complexity index is 681. The number of rotatable bonds is 1. The minimum absolute atomic E-state index is 0.170. The van der Waals surface area contributed by atoms with Crippen molar-refractivity contribution in [3.8, 4) is 0 Å². The second-order valence-corrected chi connectivity index (χ2v) is 11.7. The summed E-state index contributed by atoms with van der Waals surface area (Å²) in [7, 11) is 0. The molecule has 4 heterocycles.